The van der Waals surface area contributed by atoms with Crippen LogP contribution in [-0.4, -0.2) is 43.3 Å². The van der Waals surface area contributed by atoms with Crippen molar-refractivity contribution >= 4 is 29.2 Å². The van der Waals surface area contributed by atoms with Gasteiger partial charge >= 0.3 is 6.03 Å². The number of nitrogens with one attached hydrogen (secondary N) is 2. The molecule has 1 saturated carbocycles. The van der Waals surface area contributed by atoms with E-state index in [1.54, 1.807) is 25.4 Å². The average Bonchev–Trinajstić information content (AvgIpc) is 3.19. The molecule has 0 atom stereocenters. The van der Waals surface area contributed by atoms with Crippen LogP contribution in [0.1, 0.15) is 48.0 Å². The lowest BCUT2D eigenvalue weighted by Crippen LogP contribution is -2.51. The molecule has 2 fully saturated rings. The summed E-state index contributed by atoms with van der Waals surface area (Å²) in [7, 11) is 0. The fraction of sp³-hybridized carbons (Fsp3) is 0.444. The van der Waals surface area contributed by atoms with Crippen LogP contribution in [-0.2, 0) is 4.79 Å². The van der Waals surface area contributed by atoms with Crippen LogP contribution in [0.25, 0.3) is 10.8 Å². The number of hydrogen-bond acceptors (Lipinski definition) is 7. The molecule has 10 heteroatoms. The third-order valence-electron chi connectivity index (χ3n) is 5.26. The topological polar surface area (TPSA) is 117 Å². The maximum absolute atomic E-state index is 12.9. The first-order valence-electron chi connectivity index (χ1n) is 9.12. The van der Waals surface area contributed by atoms with E-state index in [4.69, 9.17) is 0 Å². The van der Waals surface area contributed by atoms with Crippen molar-refractivity contribution in [3.8, 4) is 10.8 Å². The lowest BCUT2D eigenvalue weighted by atomic mass is 9.77. The van der Waals surface area contributed by atoms with Gasteiger partial charge in [-0.3, -0.25) is 15.0 Å². The molecule has 2 aromatic heterocycles. The molecule has 0 aromatic carbocycles. The number of carbonyl (C=O) groups excluding carboxylic acids is 3. The van der Waals surface area contributed by atoms with Gasteiger partial charge < -0.3 is 5.32 Å². The molecule has 2 aliphatic rings. The van der Waals surface area contributed by atoms with Gasteiger partial charge in [0.15, 0.2) is 10.8 Å². The molecule has 0 radical (unpaired) electrons. The minimum Gasteiger partial charge on any atom is -0.322 e. The van der Waals surface area contributed by atoms with Crippen LogP contribution in [0.4, 0.5) is 4.79 Å². The summed E-state index contributed by atoms with van der Waals surface area (Å²) in [6.45, 7) is 3.82. The first-order valence-corrected chi connectivity index (χ1v) is 9.94. The van der Waals surface area contributed by atoms with E-state index >= 15 is 0 Å². The molecule has 3 heterocycles. The number of aryl methyl sites for hydroxylation is 1. The maximum Gasteiger partial charge on any atom is 0.344 e. The molecule has 2 aromatic rings. The number of hydrogen-bond donors (Lipinski definition) is 2. The first-order chi connectivity index (χ1) is 13.4. The zero-order valence-corrected chi connectivity index (χ0v) is 16.4. The largest absolute Gasteiger partial charge is 0.344 e. The molecule has 4 rings (SSSR count). The van der Waals surface area contributed by atoms with Crippen LogP contribution in [0.15, 0.2) is 18.5 Å². The highest BCUT2D eigenvalue weighted by Crippen LogP contribution is 2.36. The number of aromatic nitrogens is 3. The molecule has 9 nitrogen and oxygen atoms in total. The number of urea groups is 1. The monoisotopic (exact) mass is 400 g/mol. The number of thiazole rings is 1. The summed E-state index contributed by atoms with van der Waals surface area (Å²) in [5.41, 5.74) is 2.03. The Morgan fingerprint density at radius 2 is 1.96 bits per heavy atom. The van der Waals surface area contributed by atoms with Gasteiger partial charge in [0.2, 0.25) is 0 Å². The predicted octanol–water partition coefficient (Wildman–Crippen LogP) is 2.05. The van der Waals surface area contributed by atoms with Crippen molar-refractivity contribution < 1.29 is 14.4 Å². The van der Waals surface area contributed by atoms with Gasteiger partial charge in [-0.25, -0.2) is 19.7 Å². The third-order valence-corrected chi connectivity index (χ3v) is 6.41. The molecule has 1 spiro atoms. The lowest BCUT2D eigenvalue weighted by molar-refractivity contribution is -0.134. The normalized spacial score (nSPS) is 24.5. The molecule has 1 aliphatic carbocycles. The Hall–Kier alpha value is -2.88. The van der Waals surface area contributed by atoms with E-state index in [9.17, 15) is 14.4 Å². The van der Waals surface area contributed by atoms with Crippen molar-refractivity contribution in [3.05, 3.63) is 29.0 Å². The van der Waals surface area contributed by atoms with Crippen LogP contribution in [0.2, 0.25) is 0 Å². The summed E-state index contributed by atoms with van der Waals surface area (Å²) in [5.74, 6) is -0.00852. The van der Waals surface area contributed by atoms with Crippen molar-refractivity contribution in [2.45, 2.75) is 45.1 Å². The summed E-state index contributed by atoms with van der Waals surface area (Å²) in [5, 5.41) is 4.08. The van der Waals surface area contributed by atoms with E-state index in [-0.39, 0.29) is 0 Å². The van der Waals surface area contributed by atoms with Crippen molar-refractivity contribution in [3.63, 3.8) is 0 Å². The zero-order chi connectivity index (χ0) is 19.9. The highest BCUT2D eigenvalue weighted by molar-refractivity contribution is 7.17. The van der Waals surface area contributed by atoms with Crippen LogP contribution in [0.3, 0.4) is 0 Å². The minimum absolute atomic E-state index is 0.307. The van der Waals surface area contributed by atoms with Crippen LogP contribution in [0, 0.1) is 12.8 Å². The van der Waals surface area contributed by atoms with Gasteiger partial charge in [0.05, 0.1) is 5.69 Å². The molecule has 1 aliphatic heterocycles. The first kappa shape index (κ1) is 18.5. The third kappa shape index (κ3) is 3.13. The molecule has 0 bridgehead atoms. The number of carbonyl (C=O) groups is 3. The molecule has 4 amide bonds. The van der Waals surface area contributed by atoms with E-state index in [2.05, 4.69) is 32.6 Å². The summed E-state index contributed by atoms with van der Waals surface area (Å²) >= 11 is 1.12. The van der Waals surface area contributed by atoms with Gasteiger partial charge in [-0.1, -0.05) is 6.92 Å². The molecular formula is C18H20N6O3S. The Labute approximate surface area is 165 Å². The highest BCUT2D eigenvalue weighted by Gasteiger charge is 2.53. The van der Waals surface area contributed by atoms with Crippen molar-refractivity contribution in [1.29, 1.82) is 0 Å². The Kier molecular flexibility index (Phi) is 4.58. The Balaban J connectivity index is 1.52. The van der Waals surface area contributed by atoms with E-state index in [0.717, 1.165) is 29.2 Å². The number of amides is 4. The smallest absolute Gasteiger partial charge is 0.322 e. The van der Waals surface area contributed by atoms with E-state index in [1.165, 1.54) is 0 Å². The lowest BCUT2D eigenvalue weighted by Gasteiger charge is -2.33. The van der Waals surface area contributed by atoms with E-state index in [0.29, 0.717) is 40.2 Å². The fourth-order valence-electron chi connectivity index (χ4n) is 3.58. The minimum atomic E-state index is -0.900. The summed E-state index contributed by atoms with van der Waals surface area (Å²) < 4.78 is 0. The summed E-state index contributed by atoms with van der Waals surface area (Å²) in [4.78, 5) is 50.9. The standard InChI is InChI=1S/C18H20N6O3S/c1-10-4-6-18(7-5-10)16(26)24(17(27)22-18)23-14(25)12-11(2)21-15(28-12)13-19-8-3-9-20-13/h3,8-10H,4-7H2,1-2H3,(H,22,27)(H,23,25). The highest BCUT2D eigenvalue weighted by atomic mass is 32.1. The molecular weight excluding hydrogens is 380 g/mol. The van der Waals surface area contributed by atoms with Crippen molar-refractivity contribution in [2.75, 3.05) is 0 Å². The Bertz CT molecular complexity index is 936. The molecule has 1 saturated heterocycles. The predicted molar refractivity (Wildman–Crippen MR) is 101 cm³/mol. The average molecular weight is 400 g/mol. The van der Waals surface area contributed by atoms with Crippen LogP contribution >= 0.6 is 11.3 Å². The number of nitrogens with zero attached hydrogens (tertiary/aromatic N) is 4. The van der Waals surface area contributed by atoms with Crippen LogP contribution < -0.4 is 10.7 Å². The van der Waals surface area contributed by atoms with E-state index in [1.807, 2.05) is 0 Å². The molecule has 0 unspecified atom stereocenters. The SMILES string of the molecule is Cc1nc(-c2ncccn2)sc1C(=O)NN1C(=O)NC2(CCC(C)CC2)C1=O. The van der Waals surface area contributed by atoms with Crippen molar-refractivity contribution in [1.82, 2.24) is 30.7 Å². The Morgan fingerprint density at radius 1 is 1.29 bits per heavy atom. The number of imide groups is 1. The maximum atomic E-state index is 12.9. The van der Waals surface area contributed by atoms with Crippen LogP contribution in [0.5, 0.6) is 0 Å². The molecule has 28 heavy (non-hydrogen) atoms. The summed E-state index contributed by atoms with van der Waals surface area (Å²) in [6.07, 6.45) is 6.08. The summed E-state index contributed by atoms with van der Waals surface area (Å²) in [6, 6.07) is 1.10. The zero-order valence-electron chi connectivity index (χ0n) is 15.6. The second kappa shape index (κ2) is 6.93. The van der Waals surface area contributed by atoms with Gasteiger partial charge in [-0.2, -0.15) is 5.01 Å². The second-order valence-electron chi connectivity index (χ2n) is 7.28. The van der Waals surface area contributed by atoms with Gasteiger partial charge in [-0.15, -0.1) is 11.3 Å². The quantitative estimate of drug-likeness (QED) is 0.762. The molecule has 146 valence electrons. The number of rotatable bonds is 3. The van der Waals surface area contributed by atoms with Crippen molar-refractivity contribution in [2.24, 2.45) is 5.92 Å². The van der Waals surface area contributed by atoms with Gasteiger partial charge in [-0.05, 0) is 44.6 Å². The van der Waals surface area contributed by atoms with Gasteiger partial charge in [0, 0.05) is 12.4 Å². The fourth-order valence-corrected chi connectivity index (χ4v) is 4.48. The van der Waals surface area contributed by atoms with E-state index < -0.39 is 23.4 Å². The number of hydrazine groups is 1. The van der Waals surface area contributed by atoms with Gasteiger partial charge in [0.1, 0.15) is 10.4 Å². The molecule has 2 N–H and O–H groups in total. The Morgan fingerprint density at radius 3 is 2.64 bits per heavy atom. The second-order valence-corrected chi connectivity index (χ2v) is 8.28. The van der Waals surface area contributed by atoms with Gasteiger partial charge in [0.25, 0.3) is 11.8 Å².